The van der Waals surface area contributed by atoms with Crippen LogP contribution in [0.3, 0.4) is 0 Å². The molecule has 1 aromatic heterocycles. The lowest BCUT2D eigenvalue weighted by Crippen LogP contribution is -2.11. The first-order valence-electron chi connectivity index (χ1n) is 4.90. The third-order valence-electron chi connectivity index (χ3n) is 2.35. The molecule has 7 heteroatoms. The van der Waals surface area contributed by atoms with E-state index in [4.69, 9.17) is 0 Å². The summed E-state index contributed by atoms with van der Waals surface area (Å²) >= 11 is 0. The fourth-order valence-electron chi connectivity index (χ4n) is 1.53. The van der Waals surface area contributed by atoms with Gasteiger partial charge in [-0.15, -0.1) is 10.2 Å². The Labute approximate surface area is 97.5 Å². The Balaban J connectivity index is 2.53. The predicted molar refractivity (Wildman–Crippen MR) is 62.3 cm³/mol. The second-order valence-electron chi connectivity index (χ2n) is 3.69. The Morgan fingerprint density at radius 3 is 2.47 bits per heavy atom. The molecule has 7 nitrogen and oxygen atoms in total. The SMILES string of the molecule is CN(C)c1ccc(-n2cnnc2)cc1[N+](=O)[O-]. The molecule has 0 saturated carbocycles. The van der Waals surface area contributed by atoms with Crippen LogP contribution in [0.5, 0.6) is 0 Å². The first-order valence-corrected chi connectivity index (χ1v) is 4.90. The summed E-state index contributed by atoms with van der Waals surface area (Å²) in [4.78, 5) is 12.3. The first kappa shape index (κ1) is 11.1. The van der Waals surface area contributed by atoms with Crippen LogP contribution >= 0.6 is 0 Å². The van der Waals surface area contributed by atoms with Gasteiger partial charge in [-0.1, -0.05) is 0 Å². The van der Waals surface area contributed by atoms with Crippen LogP contribution in [0.1, 0.15) is 0 Å². The van der Waals surface area contributed by atoms with E-state index in [-0.39, 0.29) is 5.69 Å². The highest BCUT2D eigenvalue weighted by molar-refractivity contribution is 5.65. The average molecular weight is 233 g/mol. The van der Waals surface area contributed by atoms with Crippen molar-refractivity contribution >= 4 is 11.4 Å². The minimum atomic E-state index is -0.400. The fraction of sp³-hybridized carbons (Fsp3) is 0.200. The topological polar surface area (TPSA) is 77.1 Å². The van der Waals surface area contributed by atoms with Gasteiger partial charge in [-0.2, -0.15) is 0 Å². The zero-order valence-corrected chi connectivity index (χ0v) is 9.44. The molecule has 0 N–H and O–H groups in total. The van der Waals surface area contributed by atoms with Gasteiger partial charge in [0.2, 0.25) is 0 Å². The Hall–Kier alpha value is -2.44. The molecule has 1 heterocycles. The van der Waals surface area contributed by atoms with Crippen molar-refractivity contribution in [3.8, 4) is 5.69 Å². The number of hydrogen-bond acceptors (Lipinski definition) is 5. The number of nitro groups is 1. The Bertz CT molecular complexity index is 536. The summed E-state index contributed by atoms with van der Waals surface area (Å²) in [5.74, 6) is 0. The molecular weight excluding hydrogens is 222 g/mol. The maximum atomic E-state index is 11.0. The number of rotatable bonds is 3. The standard InChI is InChI=1S/C10H11N5O2/c1-13(2)9-4-3-8(5-10(9)15(16)17)14-6-11-12-7-14/h3-7H,1-2H3. The monoisotopic (exact) mass is 233 g/mol. The van der Waals surface area contributed by atoms with Crippen molar-refractivity contribution in [3.63, 3.8) is 0 Å². The highest BCUT2D eigenvalue weighted by atomic mass is 16.6. The summed E-state index contributed by atoms with van der Waals surface area (Å²) in [7, 11) is 3.53. The van der Waals surface area contributed by atoms with Crippen molar-refractivity contribution in [3.05, 3.63) is 41.0 Å². The van der Waals surface area contributed by atoms with Crippen molar-refractivity contribution in [1.82, 2.24) is 14.8 Å². The summed E-state index contributed by atoms with van der Waals surface area (Å²) < 4.78 is 1.62. The van der Waals surface area contributed by atoms with Crippen LogP contribution in [0.2, 0.25) is 0 Å². The third kappa shape index (κ3) is 2.07. The molecule has 0 aliphatic rings. The summed E-state index contributed by atoms with van der Waals surface area (Å²) in [6.45, 7) is 0. The minimum Gasteiger partial charge on any atom is -0.372 e. The van der Waals surface area contributed by atoms with Gasteiger partial charge in [-0.25, -0.2) is 0 Å². The number of nitro benzene ring substituents is 1. The molecule has 0 radical (unpaired) electrons. The van der Waals surface area contributed by atoms with Gasteiger partial charge in [0.1, 0.15) is 18.3 Å². The van der Waals surface area contributed by atoms with Crippen LogP contribution in [0, 0.1) is 10.1 Å². The van der Waals surface area contributed by atoms with Gasteiger partial charge in [0.15, 0.2) is 0 Å². The van der Waals surface area contributed by atoms with Crippen LogP contribution in [0.4, 0.5) is 11.4 Å². The molecule has 2 aromatic rings. The van der Waals surface area contributed by atoms with Gasteiger partial charge in [-0.05, 0) is 12.1 Å². The molecule has 0 bridgehead atoms. The van der Waals surface area contributed by atoms with Gasteiger partial charge >= 0.3 is 0 Å². The van der Waals surface area contributed by atoms with Crippen molar-refractivity contribution in [1.29, 1.82) is 0 Å². The van der Waals surface area contributed by atoms with Crippen molar-refractivity contribution in [2.24, 2.45) is 0 Å². The number of anilines is 1. The normalized spacial score (nSPS) is 10.2. The van der Waals surface area contributed by atoms with Crippen molar-refractivity contribution in [2.75, 3.05) is 19.0 Å². The number of aromatic nitrogens is 3. The molecule has 0 amide bonds. The molecule has 0 aliphatic heterocycles. The van der Waals surface area contributed by atoms with Gasteiger partial charge in [-0.3, -0.25) is 14.7 Å². The molecule has 0 unspecified atom stereocenters. The maximum Gasteiger partial charge on any atom is 0.294 e. The summed E-state index contributed by atoms with van der Waals surface area (Å²) in [6.07, 6.45) is 2.99. The van der Waals surface area contributed by atoms with Crippen molar-refractivity contribution < 1.29 is 4.92 Å². The maximum absolute atomic E-state index is 11.0. The van der Waals surface area contributed by atoms with E-state index in [1.165, 1.54) is 18.7 Å². The molecule has 1 aromatic carbocycles. The Kier molecular flexibility index (Phi) is 2.73. The number of hydrogen-bond donors (Lipinski definition) is 0. The van der Waals surface area contributed by atoms with E-state index < -0.39 is 4.92 Å². The van der Waals surface area contributed by atoms with Gasteiger partial charge < -0.3 is 4.90 Å². The lowest BCUT2D eigenvalue weighted by molar-refractivity contribution is -0.384. The van der Waals surface area contributed by atoms with E-state index in [1.54, 1.807) is 35.7 Å². The second-order valence-corrected chi connectivity index (χ2v) is 3.69. The number of benzene rings is 1. The lowest BCUT2D eigenvalue weighted by atomic mass is 10.2. The van der Waals surface area contributed by atoms with E-state index >= 15 is 0 Å². The minimum absolute atomic E-state index is 0.0567. The fourth-order valence-corrected chi connectivity index (χ4v) is 1.53. The Morgan fingerprint density at radius 1 is 1.29 bits per heavy atom. The first-order chi connectivity index (χ1) is 8.09. The van der Waals surface area contributed by atoms with E-state index in [2.05, 4.69) is 10.2 Å². The lowest BCUT2D eigenvalue weighted by Gasteiger charge is -2.13. The van der Waals surface area contributed by atoms with Gasteiger partial charge in [0.25, 0.3) is 5.69 Å². The molecule has 0 fully saturated rings. The van der Waals surface area contributed by atoms with Gasteiger partial charge in [0.05, 0.1) is 10.6 Å². The van der Waals surface area contributed by atoms with Crippen LogP contribution in [-0.4, -0.2) is 33.8 Å². The molecule has 0 atom stereocenters. The zero-order chi connectivity index (χ0) is 12.4. The largest absolute Gasteiger partial charge is 0.372 e. The molecule has 17 heavy (non-hydrogen) atoms. The summed E-state index contributed by atoms with van der Waals surface area (Å²) in [5.41, 5.74) is 1.28. The molecular formula is C10H11N5O2. The summed E-state index contributed by atoms with van der Waals surface area (Å²) in [6, 6.07) is 4.98. The quantitative estimate of drug-likeness (QED) is 0.588. The zero-order valence-electron chi connectivity index (χ0n) is 9.44. The summed E-state index contributed by atoms with van der Waals surface area (Å²) in [5, 5.41) is 18.3. The van der Waals surface area contributed by atoms with Crippen LogP contribution < -0.4 is 4.90 Å². The molecule has 0 aliphatic carbocycles. The predicted octanol–water partition coefficient (Wildman–Crippen LogP) is 1.24. The molecule has 88 valence electrons. The molecule has 0 spiro atoms. The van der Waals surface area contributed by atoms with E-state index in [0.29, 0.717) is 11.4 Å². The van der Waals surface area contributed by atoms with Crippen LogP contribution in [0.25, 0.3) is 5.69 Å². The number of nitrogens with zero attached hydrogens (tertiary/aromatic N) is 5. The smallest absolute Gasteiger partial charge is 0.294 e. The van der Waals surface area contributed by atoms with E-state index in [9.17, 15) is 10.1 Å². The highest BCUT2D eigenvalue weighted by Crippen LogP contribution is 2.28. The van der Waals surface area contributed by atoms with Gasteiger partial charge in [0, 0.05) is 20.2 Å². The third-order valence-corrected chi connectivity index (χ3v) is 2.35. The van der Waals surface area contributed by atoms with Crippen LogP contribution in [0.15, 0.2) is 30.9 Å². The Morgan fingerprint density at radius 2 is 1.94 bits per heavy atom. The highest BCUT2D eigenvalue weighted by Gasteiger charge is 2.16. The molecule has 0 saturated heterocycles. The van der Waals surface area contributed by atoms with Crippen LogP contribution in [-0.2, 0) is 0 Å². The molecule has 2 rings (SSSR count). The van der Waals surface area contributed by atoms with E-state index in [1.807, 2.05) is 0 Å². The average Bonchev–Trinajstić information content (AvgIpc) is 2.81. The second kappa shape index (κ2) is 4.20. The van der Waals surface area contributed by atoms with Crippen molar-refractivity contribution in [2.45, 2.75) is 0 Å². The van der Waals surface area contributed by atoms with E-state index in [0.717, 1.165) is 0 Å².